The molecule has 0 amide bonds. The summed E-state index contributed by atoms with van der Waals surface area (Å²) < 4.78 is 16.9. The molecule has 0 aromatic carbocycles. The van der Waals surface area contributed by atoms with E-state index in [1.165, 1.54) is 218 Å². The number of hydrogen-bond acceptors (Lipinski definition) is 6. The maximum Gasteiger partial charge on any atom is 0.306 e. The molecule has 0 aliphatic carbocycles. The van der Waals surface area contributed by atoms with Crippen molar-refractivity contribution in [2.24, 2.45) is 0 Å². The van der Waals surface area contributed by atoms with E-state index in [9.17, 15) is 14.4 Å². The molecule has 436 valence electrons. The first-order chi connectivity index (χ1) is 37.0. The Hall–Kier alpha value is -2.89. The molecule has 0 N–H and O–H groups in total. The monoisotopic (exact) mass is 1050 g/mol. The lowest BCUT2D eigenvalue weighted by Crippen LogP contribution is -2.30. The first-order valence-electron chi connectivity index (χ1n) is 32.8. The number of hydrogen-bond donors (Lipinski definition) is 0. The summed E-state index contributed by atoms with van der Waals surface area (Å²) in [6, 6.07) is 0. The second kappa shape index (κ2) is 63.6. The van der Waals surface area contributed by atoms with Gasteiger partial charge in [-0.2, -0.15) is 0 Å². The van der Waals surface area contributed by atoms with Crippen molar-refractivity contribution in [1.82, 2.24) is 0 Å². The maximum atomic E-state index is 12.9. The third-order valence-electron chi connectivity index (χ3n) is 14.5. The molecule has 0 saturated carbocycles. The van der Waals surface area contributed by atoms with Gasteiger partial charge in [-0.05, 0) is 89.9 Å². The van der Waals surface area contributed by atoms with E-state index in [1.54, 1.807) is 0 Å². The second-order valence-electron chi connectivity index (χ2n) is 22.0. The molecule has 0 fully saturated rings. The van der Waals surface area contributed by atoms with Gasteiger partial charge in [0.2, 0.25) is 0 Å². The van der Waals surface area contributed by atoms with Crippen LogP contribution in [0.3, 0.4) is 0 Å². The van der Waals surface area contributed by atoms with Crippen LogP contribution in [0.1, 0.15) is 342 Å². The fourth-order valence-electron chi connectivity index (χ4n) is 9.54. The van der Waals surface area contributed by atoms with Gasteiger partial charge in [-0.3, -0.25) is 14.4 Å². The van der Waals surface area contributed by atoms with E-state index in [2.05, 4.69) is 81.5 Å². The normalized spacial score (nSPS) is 12.4. The smallest absolute Gasteiger partial charge is 0.306 e. The number of ether oxygens (including phenoxy) is 3. The van der Waals surface area contributed by atoms with E-state index in [0.717, 1.165) is 83.5 Å². The van der Waals surface area contributed by atoms with Gasteiger partial charge in [-0.1, -0.05) is 293 Å². The third-order valence-corrected chi connectivity index (χ3v) is 14.5. The first-order valence-corrected chi connectivity index (χ1v) is 32.8. The highest BCUT2D eigenvalue weighted by atomic mass is 16.6. The fraction of sp³-hybridized carbons (Fsp3) is 0.812. The predicted octanol–water partition coefficient (Wildman–Crippen LogP) is 22.3. The zero-order valence-corrected chi connectivity index (χ0v) is 50.1. The molecule has 0 radical (unpaired) electrons. The molecule has 1 atom stereocenters. The highest BCUT2D eigenvalue weighted by molar-refractivity contribution is 5.71. The largest absolute Gasteiger partial charge is 0.462 e. The topological polar surface area (TPSA) is 78.9 Å². The summed E-state index contributed by atoms with van der Waals surface area (Å²) in [5, 5.41) is 0. The summed E-state index contributed by atoms with van der Waals surface area (Å²) in [6.45, 7) is 6.65. The van der Waals surface area contributed by atoms with Crippen molar-refractivity contribution < 1.29 is 28.6 Å². The summed E-state index contributed by atoms with van der Waals surface area (Å²) in [5.74, 6) is -0.873. The van der Waals surface area contributed by atoms with Crippen LogP contribution in [0.25, 0.3) is 0 Å². The van der Waals surface area contributed by atoms with E-state index in [4.69, 9.17) is 14.2 Å². The Morgan fingerprint density at radius 3 is 0.747 bits per heavy atom. The Morgan fingerprint density at radius 2 is 0.480 bits per heavy atom. The second-order valence-corrected chi connectivity index (χ2v) is 22.0. The van der Waals surface area contributed by atoms with Gasteiger partial charge in [0.1, 0.15) is 13.2 Å². The van der Waals surface area contributed by atoms with Crippen molar-refractivity contribution in [3.8, 4) is 0 Å². The highest BCUT2D eigenvalue weighted by Gasteiger charge is 2.19. The summed E-state index contributed by atoms with van der Waals surface area (Å²) >= 11 is 0. The first kappa shape index (κ1) is 72.1. The fourth-order valence-corrected chi connectivity index (χ4v) is 9.54. The maximum absolute atomic E-state index is 12.9. The van der Waals surface area contributed by atoms with Crippen LogP contribution in [-0.2, 0) is 28.6 Å². The molecule has 1 unspecified atom stereocenters. The van der Waals surface area contributed by atoms with Crippen molar-refractivity contribution in [3.05, 3.63) is 60.8 Å². The zero-order chi connectivity index (χ0) is 54.3. The summed E-state index contributed by atoms with van der Waals surface area (Å²) in [4.78, 5) is 38.3. The Balaban J connectivity index is 4.33. The van der Waals surface area contributed by atoms with Crippen molar-refractivity contribution in [3.63, 3.8) is 0 Å². The average molecular weight is 1050 g/mol. The van der Waals surface area contributed by atoms with E-state index < -0.39 is 6.10 Å². The summed E-state index contributed by atoms with van der Waals surface area (Å²) in [5.41, 5.74) is 0. The molecule has 0 rings (SSSR count). The molecule has 6 nitrogen and oxygen atoms in total. The van der Waals surface area contributed by atoms with Gasteiger partial charge < -0.3 is 14.2 Å². The van der Waals surface area contributed by atoms with Gasteiger partial charge >= 0.3 is 17.9 Å². The van der Waals surface area contributed by atoms with Gasteiger partial charge in [0, 0.05) is 19.3 Å². The molecule has 0 saturated heterocycles. The van der Waals surface area contributed by atoms with Crippen LogP contribution in [0.5, 0.6) is 0 Å². The Labute approximate surface area is 466 Å². The number of unbranched alkanes of at least 4 members (excludes halogenated alkanes) is 39. The average Bonchev–Trinajstić information content (AvgIpc) is 3.41. The van der Waals surface area contributed by atoms with Crippen LogP contribution in [0.15, 0.2) is 60.8 Å². The third kappa shape index (κ3) is 61.8. The standard InChI is InChI=1S/C69H124O6/c1-4-7-10-13-16-19-22-25-27-29-31-33-34-36-37-39-41-44-47-50-53-56-59-62-68(71)74-65-66(64-73-67(70)61-58-55-52-49-46-43-24-21-18-15-12-9-6-3)75-69(72)63-60-57-54-51-48-45-42-40-38-35-32-30-28-26-23-20-17-14-11-8-5-2/h22-23,25-26,29-32,38,40,66H,4-21,24,27-28,33-37,39,41-65H2,1-3H3/b25-22-,26-23-,31-29-,32-30-,40-38-. The predicted molar refractivity (Wildman–Crippen MR) is 325 cm³/mol. The van der Waals surface area contributed by atoms with E-state index in [1.807, 2.05) is 0 Å². The van der Waals surface area contributed by atoms with E-state index in [0.29, 0.717) is 19.3 Å². The molecule has 0 heterocycles. The van der Waals surface area contributed by atoms with Crippen LogP contribution in [-0.4, -0.2) is 37.2 Å². The lowest BCUT2D eigenvalue weighted by Gasteiger charge is -2.18. The van der Waals surface area contributed by atoms with Gasteiger partial charge in [0.15, 0.2) is 6.10 Å². The lowest BCUT2D eigenvalue weighted by molar-refractivity contribution is -0.167. The quantitative estimate of drug-likeness (QED) is 0.0261. The van der Waals surface area contributed by atoms with Crippen molar-refractivity contribution in [2.45, 2.75) is 348 Å². The molecule has 0 bridgehead atoms. The van der Waals surface area contributed by atoms with Crippen LogP contribution >= 0.6 is 0 Å². The van der Waals surface area contributed by atoms with Gasteiger partial charge in [0.05, 0.1) is 0 Å². The molecule has 0 aliphatic rings. The van der Waals surface area contributed by atoms with Crippen molar-refractivity contribution in [2.75, 3.05) is 13.2 Å². The Morgan fingerprint density at radius 1 is 0.267 bits per heavy atom. The number of carbonyl (C=O) groups excluding carboxylic acids is 3. The minimum atomic E-state index is -0.781. The lowest BCUT2D eigenvalue weighted by atomic mass is 10.0. The Kier molecular flexibility index (Phi) is 61.2. The molecule has 6 heteroatoms. The van der Waals surface area contributed by atoms with Crippen LogP contribution in [0.4, 0.5) is 0 Å². The van der Waals surface area contributed by atoms with Gasteiger partial charge in [-0.15, -0.1) is 0 Å². The molecule has 75 heavy (non-hydrogen) atoms. The van der Waals surface area contributed by atoms with Crippen LogP contribution < -0.4 is 0 Å². The molecule has 0 aromatic rings. The number of allylic oxidation sites excluding steroid dienone is 10. The minimum absolute atomic E-state index is 0.0769. The van der Waals surface area contributed by atoms with E-state index in [-0.39, 0.29) is 31.1 Å². The van der Waals surface area contributed by atoms with Crippen LogP contribution in [0, 0.1) is 0 Å². The molecule has 0 aromatic heterocycles. The molecule has 0 spiro atoms. The van der Waals surface area contributed by atoms with Crippen LogP contribution in [0.2, 0.25) is 0 Å². The number of rotatable bonds is 60. The zero-order valence-electron chi connectivity index (χ0n) is 50.1. The Bertz CT molecular complexity index is 1340. The van der Waals surface area contributed by atoms with Crippen molar-refractivity contribution in [1.29, 1.82) is 0 Å². The van der Waals surface area contributed by atoms with Crippen molar-refractivity contribution >= 4 is 17.9 Å². The minimum Gasteiger partial charge on any atom is -0.462 e. The summed E-state index contributed by atoms with van der Waals surface area (Å²) in [7, 11) is 0. The molecular formula is C69H124O6. The molecular weight excluding hydrogens is 925 g/mol. The highest BCUT2D eigenvalue weighted by Crippen LogP contribution is 2.17. The van der Waals surface area contributed by atoms with E-state index >= 15 is 0 Å². The molecule has 0 aliphatic heterocycles. The van der Waals surface area contributed by atoms with Gasteiger partial charge in [0.25, 0.3) is 0 Å². The number of esters is 3. The SMILES string of the molecule is CCCCCCC/C=C\C/C=C\C/C=C\CCCCCCCCC(=O)OC(COC(=O)CCCCCCCCCCCCC/C=C\C/C=C\CCCCCCC)COC(=O)CCCCCCCCCCCCCCC. The summed E-state index contributed by atoms with van der Waals surface area (Å²) in [6.07, 6.45) is 80.8. The van der Waals surface area contributed by atoms with Gasteiger partial charge in [-0.25, -0.2) is 0 Å². The number of carbonyl (C=O) groups is 3.